The fourth-order valence-electron chi connectivity index (χ4n) is 1.35. The summed E-state index contributed by atoms with van der Waals surface area (Å²) >= 11 is 17.5. The summed E-state index contributed by atoms with van der Waals surface area (Å²) in [6, 6.07) is 4.98. The molecular weight excluding hydrogens is 330 g/mol. The van der Waals surface area contributed by atoms with Crippen LogP contribution < -0.4 is 5.32 Å². The third kappa shape index (κ3) is 3.04. The van der Waals surface area contributed by atoms with E-state index in [1.165, 1.54) is 18.2 Å². The summed E-state index contributed by atoms with van der Waals surface area (Å²) in [5, 5.41) is 13.5. The Morgan fingerprint density at radius 1 is 1.15 bits per heavy atom. The molecule has 0 aliphatic heterocycles. The number of carbonyl (C=O) groups excluding carboxylic acids is 1. The minimum Gasteiger partial charge on any atom is -0.395 e. The van der Waals surface area contributed by atoms with Crippen molar-refractivity contribution in [3.63, 3.8) is 0 Å². The van der Waals surface area contributed by atoms with Crippen LogP contribution in [0.25, 0.3) is 0 Å². The zero-order chi connectivity index (χ0) is 14.9. The van der Waals surface area contributed by atoms with Gasteiger partial charge in [-0.25, -0.2) is 0 Å². The standard InChI is InChI=1S/C11H5Cl3N2O4/c12-5-3-7(14)8(4-6(5)13)15-11(17)9-1-2-10(20-9)16(18)19/h1-4H,(H,15,17). The highest BCUT2D eigenvalue weighted by Crippen LogP contribution is 2.32. The van der Waals surface area contributed by atoms with Crippen LogP contribution in [-0.2, 0) is 0 Å². The topological polar surface area (TPSA) is 85.4 Å². The van der Waals surface area contributed by atoms with Crippen LogP contribution in [0, 0.1) is 10.1 Å². The highest BCUT2D eigenvalue weighted by atomic mass is 35.5. The molecule has 1 heterocycles. The van der Waals surface area contributed by atoms with E-state index in [-0.39, 0.29) is 26.5 Å². The van der Waals surface area contributed by atoms with Gasteiger partial charge in [-0.05, 0) is 18.2 Å². The Morgan fingerprint density at radius 3 is 2.40 bits per heavy atom. The van der Waals surface area contributed by atoms with Crippen molar-refractivity contribution < 1.29 is 14.1 Å². The summed E-state index contributed by atoms with van der Waals surface area (Å²) in [5.41, 5.74) is 0.213. The highest BCUT2D eigenvalue weighted by molar-refractivity contribution is 6.44. The first-order chi connectivity index (χ1) is 9.38. The molecule has 0 radical (unpaired) electrons. The maximum Gasteiger partial charge on any atom is 0.433 e. The van der Waals surface area contributed by atoms with E-state index in [0.29, 0.717) is 0 Å². The minimum absolute atomic E-state index is 0.175. The van der Waals surface area contributed by atoms with Crippen molar-refractivity contribution in [3.8, 4) is 0 Å². The first-order valence-electron chi connectivity index (χ1n) is 5.08. The number of hydrogen-bond acceptors (Lipinski definition) is 4. The molecule has 20 heavy (non-hydrogen) atoms. The maximum absolute atomic E-state index is 11.8. The molecule has 0 saturated heterocycles. The van der Waals surface area contributed by atoms with Gasteiger partial charge in [0.15, 0.2) is 5.76 Å². The van der Waals surface area contributed by atoms with Gasteiger partial charge in [0.05, 0.1) is 26.8 Å². The van der Waals surface area contributed by atoms with Crippen LogP contribution in [0.1, 0.15) is 10.6 Å². The molecule has 0 saturated carbocycles. The average Bonchev–Trinajstić information content (AvgIpc) is 2.85. The number of benzene rings is 1. The van der Waals surface area contributed by atoms with E-state index in [9.17, 15) is 14.9 Å². The van der Waals surface area contributed by atoms with Crippen LogP contribution in [0.2, 0.25) is 15.1 Å². The summed E-state index contributed by atoms with van der Waals surface area (Å²) in [4.78, 5) is 21.5. The molecular formula is C11H5Cl3N2O4. The molecule has 1 aromatic heterocycles. The molecule has 0 unspecified atom stereocenters. The van der Waals surface area contributed by atoms with E-state index >= 15 is 0 Å². The Hall–Kier alpha value is -1.76. The smallest absolute Gasteiger partial charge is 0.395 e. The lowest BCUT2D eigenvalue weighted by molar-refractivity contribution is -0.402. The van der Waals surface area contributed by atoms with Gasteiger partial charge in [-0.15, -0.1) is 0 Å². The normalized spacial score (nSPS) is 10.3. The number of rotatable bonds is 3. The van der Waals surface area contributed by atoms with Crippen LogP contribution in [0.4, 0.5) is 11.6 Å². The number of halogens is 3. The third-order valence-electron chi connectivity index (χ3n) is 2.25. The van der Waals surface area contributed by atoms with Crippen molar-refractivity contribution in [1.82, 2.24) is 0 Å². The van der Waals surface area contributed by atoms with Gasteiger partial charge in [0.25, 0.3) is 5.91 Å². The largest absolute Gasteiger partial charge is 0.433 e. The molecule has 0 bridgehead atoms. The molecule has 104 valence electrons. The Balaban J connectivity index is 2.23. The van der Waals surface area contributed by atoms with Crippen LogP contribution in [0.3, 0.4) is 0 Å². The van der Waals surface area contributed by atoms with Gasteiger partial charge < -0.3 is 9.73 Å². The number of nitrogens with zero attached hydrogens (tertiary/aromatic N) is 1. The van der Waals surface area contributed by atoms with E-state index in [1.807, 2.05) is 0 Å². The molecule has 0 fully saturated rings. The van der Waals surface area contributed by atoms with Gasteiger partial charge in [-0.2, -0.15) is 0 Å². The fourth-order valence-corrected chi connectivity index (χ4v) is 1.94. The van der Waals surface area contributed by atoms with Gasteiger partial charge in [-0.1, -0.05) is 34.8 Å². The quantitative estimate of drug-likeness (QED) is 0.512. The van der Waals surface area contributed by atoms with Gasteiger partial charge >= 0.3 is 5.88 Å². The Labute approximate surface area is 127 Å². The minimum atomic E-state index is -0.747. The lowest BCUT2D eigenvalue weighted by atomic mass is 10.3. The lowest BCUT2D eigenvalue weighted by Gasteiger charge is -2.07. The summed E-state index contributed by atoms with van der Waals surface area (Å²) < 4.78 is 4.76. The first-order valence-corrected chi connectivity index (χ1v) is 6.22. The second-order valence-electron chi connectivity index (χ2n) is 3.60. The second-order valence-corrected chi connectivity index (χ2v) is 4.82. The van der Waals surface area contributed by atoms with Crippen molar-refractivity contribution in [2.45, 2.75) is 0 Å². The predicted molar refractivity (Wildman–Crippen MR) is 74.8 cm³/mol. The molecule has 6 nitrogen and oxygen atoms in total. The lowest BCUT2D eigenvalue weighted by Crippen LogP contribution is -2.11. The Morgan fingerprint density at radius 2 is 1.80 bits per heavy atom. The molecule has 0 aliphatic carbocycles. The zero-order valence-electron chi connectivity index (χ0n) is 9.52. The van der Waals surface area contributed by atoms with Crippen molar-refractivity contribution >= 4 is 52.3 Å². The number of amides is 1. The van der Waals surface area contributed by atoms with E-state index in [0.717, 1.165) is 6.07 Å². The molecule has 2 aromatic rings. The van der Waals surface area contributed by atoms with E-state index in [2.05, 4.69) is 5.32 Å². The summed E-state index contributed by atoms with van der Waals surface area (Å²) in [5.74, 6) is -1.45. The fraction of sp³-hybridized carbons (Fsp3) is 0. The number of hydrogen-bond donors (Lipinski definition) is 1. The monoisotopic (exact) mass is 334 g/mol. The van der Waals surface area contributed by atoms with Gasteiger partial charge in [-0.3, -0.25) is 14.9 Å². The number of furan rings is 1. The van der Waals surface area contributed by atoms with Crippen molar-refractivity contribution in [1.29, 1.82) is 0 Å². The van der Waals surface area contributed by atoms with Gasteiger partial charge in [0.1, 0.15) is 4.92 Å². The third-order valence-corrected chi connectivity index (χ3v) is 3.29. The second kappa shape index (κ2) is 5.70. The van der Waals surface area contributed by atoms with Crippen LogP contribution >= 0.6 is 34.8 Å². The van der Waals surface area contributed by atoms with E-state index in [4.69, 9.17) is 39.2 Å². The molecule has 1 aromatic carbocycles. The van der Waals surface area contributed by atoms with E-state index in [1.54, 1.807) is 0 Å². The Kier molecular flexibility index (Phi) is 4.17. The van der Waals surface area contributed by atoms with Crippen molar-refractivity contribution in [3.05, 3.63) is 55.2 Å². The first kappa shape index (κ1) is 14.6. The number of nitro groups is 1. The van der Waals surface area contributed by atoms with Crippen molar-refractivity contribution in [2.75, 3.05) is 5.32 Å². The average molecular weight is 336 g/mol. The maximum atomic E-state index is 11.8. The molecule has 1 N–H and O–H groups in total. The summed E-state index contributed by atoms with van der Waals surface area (Å²) in [7, 11) is 0. The zero-order valence-corrected chi connectivity index (χ0v) is 11.8. The number of anilines is 1. The molecule has 0 atom stereocenters. The predicted octanol–water partition coefficient (Wildman–Crippen LogP) is 4.40. The number of carbonyl (C=O) groups is 1. The van der Waals surface area contributed by atoms with Crippen LogP contribution in [0.5, 0.6) is 0 Å². The number of nitrogens with one attached hydrogen (secondary N) is 1. The van der Waals surface area contributed by atoms with Crippen LogP contribution in [-0.4, -0.2) is 10.8 Å². The van der Waals surface area contributed by atoms with Crippen molar-refractivity contribution in [2.24, 2.45) is 0 Å². The molecule has 0 aliphatic rings. The molecule has 0 spiro atoms. The molecule has 1 amide bonds. The molecule has 9 heteroatoms. The van der Waals surface area contributed by atoms with Crippen LogP contribution in [0.15, 0.2) is 28.7 Å². The highest BCUT2D eigenvalue weighted by Gasteiger charge is 2.18. The Bertz CT molecular complexity index is 699. The van der Waals surface area contributed by atoms with Gasteiger partial charge in [0.2, 0.25) is 0 Å². The van der Waals surface area contributed by atoms with E-state index < -0.39 is 16.7 Å². The van der Waals surface area contributed by atoms with Gasteiger partial charge in [0, 0.05) is 0 Å². The summed E-state index contributed by atoms with van der Waals surface area (Å²) in [6.45, 7) is 0. The summed E-state index contributed by atoms with van der Waals surface area (Å²) in [6.07, 6.45) is 0. The molecule has 2 rings (SSSR count). The SMILES string of the molecule is O=C(Nc1cc(Cl)c(Cl)cc1Cl)c1ccc([N+](=O)[O-])o1.